The van der Waals surface area contributed by atoms with Crippen molar-refractivity contribution in [2.24, 2.45) is 5.73 Å². The minimum Gasteiger partial charge on any atom is -0.504 e. The summed E-state index contributed by atoms with van der Waals surface area (Å²) in [4.78, 5) is 10.2. The predicted octanol–water partition coefficient (Wildman–Crippen LogP) is 0.460. The van der Waals surface area contributed by atoms with Crippen molar-refractivity contribution in [1.82, 2.24) is 0 Å². The largest absolute Gasteiger partial charge is 0.504 e. The Hall–Kier alpha value is -1.49. The second-order valence-electron chi connectivity index (χ2n) is 2.42. The Balaban J connectivity index is 2.71. The third-order valence-corrected chi connectivity index (χ3v) is 1.46. The van der Waals surface area contributed by atoms with Crippen LogP contribution >= 0.6 is 0 Å². The highest BCUT2D eigenvalue weighted by atomic mass is 16.4. The molecule has 0 aliphatic carbocycles. The molecule has 12 heavy (non-hydrogen) atoms. The fourth-order valence-corrected chi connectivity index (χ4v) is 0.876. The smallest absolute Gasteiger partial charge is 0.305 e. The highest BCUT2D eigenvalue weighted by molar-refractivity contribution is 5.68. The molecule has 1 heterocycles. The van der Waals surface area contributed by atoms with Crippen molar-refractivity contribution in [3.63, 3.8) is 0 Å². The third-order valence-electron chi connectivity index (χ3n) is 1.46. The Morgan fingerprint density at radius 3 is 2.75 bits per heavy atom. The van der Waals surface area contributed by atoms with Gasteiger partial charge in [-0.1, -0.05) is 0 Å². The highest BCUT2D eigenvalue weighted by Gasteiger charge is 2.15. The molecule has 0 aromatic carbocycles. The summed E-state index contributed by atoms with van der Waals surface area (Å²) in [6.07, 6.45) is 2.12. The molecule has 66 valence electrons. The van der Waals surface area contributed by atoms with Crippen LogP contribution in [-0.2, 0) is 4.79 Å². The fourth-order valence-electron chi connectivity index (χ4n) is 0.876. The standard InChI is InChI=1S/C7H9NO4/c8-5(1-7(10)11)4-2-12-3-6(4)9/h2-3,5,9H,1,8H2,(H,10,11). The lowest BCUT2D eigenvalue weighted by molar-refractivity contribution is -0.137. The zero-order chi connectivity index (χ0) is 9.14. The molecule has 5 nitrogen and oxygen atoms in total. The predicted molar refractivity (Wildman–Crippen MR) is 39.6 cm³/mol. The number of hydrogen-bond donors (Lipinski definition) is 3. The molecule has 0 fully saturated rings. The number of rotatable bonds is 3. The van der Waals surface area contributed by atoms with E-state index in [4.69, 9.17) is 15.9 Å². The van der Waals surface area contributed by atoms with E-state index in [1.165, 1.54) is 6.26 Å². The lowest BCUT2D eigenvalue weighted by Gasteiger charge is -2.05. The summed E-state index contributed by atoms with van der Waals surface area (Å²) in [7, 11) is 0. The molecule has 0 radical (unpaired) electrons. The van der Waals surface area contributed by atoms with Gasteiger partial charge in [-0.05, 0) is 0 Å². The van der Waals surface area contributed by atoms with Crippen LogP contribution in [0.25, 0.3) is 0 Å². The molecule has 1 aromatic rings. The van der Waals surface area contributed by atoms with Crippen molar-refractivity contribution in [2.75, 3.05) is 0 Å². The van der Waals surface area contributed by atoms with Crippen molar-refractivity contribution in [2.45, 2.75) is 12.5 Å². The monoisotopic (exact) mass is 171 g/mol. The average Bonchev–Trinajstić information content (AvgIpc) is 2.33. The van der Waals surface area contributed by atoms with E-state index in [0.29, 0.717) is 5.56 Å². The zero-order valence-corrected chi connectivity index (χ0v) is 6.23. The summed E-state index contributed by atoms with van der Waals surface area (Å²) in [5.74, 6) is -1.12. The number of carboxylic acid groups (broad SMARTS) is 1. The van der Waals surface area contributed by atoms with Gasteiger partial charge in [-0.3, -0.25) is 4.79 Å². The number of aliphatic carboxylic acids is 1. The summed E-state index contributed by atoms with van der Waals surface area (Å²) in [5.41, 5.74) is 5.76. The molecule has 1 atom stereocenters. The fraction of sp³-hybridized carbons (Fsp3) is 0.286. The van der Waals surface area contributed by atoms with Crippen LogP contribution in [0.15, 0.2) is 16.9 Å². The molecule has 0 saturated heterocycles. The van der Waals surface area contributed by atoms with E-state index in [9.17, 15) is 4.79 Å². The van der Waals surface area contributed by atoms with Crippen LogP contribution in [0, 0.1) is 0 Å². The van der Waals surface area contributed by atoms with Gasteiger partial charge in [0, 0.05) is 11.6 Å². The Morgan fingerprint density at radius 1 is 1.67 bits per heavy atom. The SMILES string of the molecule is NC(CC(=O)O)c1cocc1O. The van der Waals surface area contributed by atoms with E-state index >= 15 is 0 Å². The highest BCUT2D eigenvalue weighted by Crippen LogP contribution is 2.25. The molecule has 0 aliphatic heterocycles. The van der Waals surface area contributed by atoms with Gasteiger partial charge in [0.2, 0.25) is 0 Å². The van der Waals surface area contributed by atoms with Crippen molar-refractivity contribution < 1.29 is 19.4 Å². The lowest BCUT2D eigenvalue weighted by Crippen LogP contribution is -2.14. The van der Waals surface area contributed by atoms with Gasteiger partial charge >= 0.3 is 5.97 Å². The van der Waals surface area contributed by atoms with E-state index in [-0.39, 0.29) is 12.2 Å². The maximum atomic E-state index is 10.2. The molecule has 0 amide bonds. The van der Waals surface area contributed by atoms with E-state index in [1.54, 1.807) is 0 Å². The maximum absolute atomic E-state index is 10.2. The van der Waals surface area contributed by atoms with Gasteiger partial charge in [-0.2, -0.15) is 0 Å². The topological polar surface area (TPSA) is 96.7 Å². The summed E-state index contributed by atoms with van der Waals surface area (Å²) in [6, 6.07) is -0.721. The van der Waals surface area contributed by atoms with E-state index in [1.807, 2.05) is 0 Å². The van der Waals surface area contributed by atoms with E-state index < -0.39 is 12.0 Å². The van der Waals surface area contributed by atoms with Crippen LogP contribution in [0.3, 0.4) is 0 Å². The number of nitrogens with two attached hydrogens (primary N) is 1. The first-order valence-corrected chi connectivity index (χ1v) is 3.33. The second-order valence-corrected chi connectivity index (χ2v) is 2.42. The van der Waals surface area contributed by atoms with Crippen LogP contribution in [-0.4, -0.2) is 16.2 Å². The first-order chi connectivity index (χ1) is 5.61. The Bertz CT molecular complexity index is 281. The number of hydrogen-bond acceptors (Lipinski definition) is 4. The normalized spacial score (nSPS) is 12.8. The third kappa shape index (κ3) is 1.76. The van der Waals surface area contributed by atoms with Gasteiger partial charge in [-0.25, -0.2) is 0 Å². The van der Waals surface area contributed by atoms with Gasteiger partial charge in [-0.15, -0.1) is 0 Å². The number of carbonyl (C=O) groups is 1. The molecule has 1 rings (SSSR count). The molecule has 0 bridgehead atoms. The minimum atomic E-state index is -1.01. The van der Waals surface area contributed by atoms with Crippen LogP contribution in [0.2, 0.25) is 0 Å². The van der Waals surface area contributed by atoms with Gasteiger partial charge in [0.15, 0.2) is 5.75 Å². The van der Waals surface area contributed by atoms with Gasteiger partial charge in [0.1, 0.15) is 6.26 Å². The molecule has 0 saturated carbocycles. The first kappa shape index (κ1) is 8.61. The number of carboxylic acids is 1. The van der Waals surface area contributed by atoms with E-state index in [0.717, 1.165) is 6.26 Å². The Kier molecular flexibility index (Phi) is 2.35. The van der Waals surface area contributed by atoms with Crippen LogP contribution < -0.4 is 5.73 Å². The summed E-state index contributed by atoms with van der Waals surface area (Å²) >= 11 is 0. The quantitative estimate of drug-likeness (QED) is 0.613. The van der Waals surface area contributed by atoms with E-state index in [2.05, 4.69) is 4.42 Å². The van der Waals surface area contributed by atoms with Crippen LogP contribution in [0.4, 0.5) is 0 Å². The summed E-state index contributed by atoms with van der Waals surface area (Å²) in [5, 5.41) is 17.4. The summed E-state index contributed by atoms with van der Waals surface area (Å²) < 4.78 is 4.63. The molecule has 4 N–H and O–H groups in total. The van der Waals surface area contributed by atoms with Crippen molar-refractivity contribution in [3.8, 4) is 5.75 Å². The Labute approximate surface area is 68.4 Å². The van der Waals surface area contributed by atoms with Crippen molar-refractivity contribution in [3.05, 3.63) is 18.1 Å². The van der Waals surface area contributed by atoms with Crippen molar-refractivity contribution >= 4 is 5.97 Å². The number of furan rings is 1. The molecule has 5 heteroatoms. The molecule has 0 spiro atoms. The second kappa shape index (κ2) is 3.27. The van der Waals surface area contributed by atoms with Gasteiger partial charge < -0.3 is 20.4 Å². The van der Waals surface area contributed by atoms with Crippen molar-refractivity contribution in [1.29, 1.82) is 0 Å². The molecular formula is C7H9NO4. The minimum absolute atomic E-state index is 0.108. The first-order valence-electron chi connectivity index (χ1n) is 3.33. The molecule has 0 aliphatic rings. The number of aromatic hydroxyl groups is 1. The Morgan fingerprint density at radius 2 is 2.33 bits per heavy atom. The average molecular weight is 171 g/mol. The molecular weight excluding hydrogens is 162 g/mol. The maximum Gasteiger partial charge on any atom is 0.305 e. The molecule has 1 unspecified atom stereocenters. The lowest BCUT2D eigenvalue weighted by atomic mass is 10.1. The van der Waals surface area contributed by atoms with Crippen LogP contribution in [0.1, 0.15) is 18.0 Å². The van der Waals surface area contributed by atoms with Gasteiger partial charge in [0.05, 0.1) is 12.7 Å². The zero-order valence-electron chi connectivity index (χ0n) is 6.23. The van der Waals surface area contributed by atoms with Gasteiger partial charge in [0.25, 0.3) is 0 Å². The summed E-state index contributed by atoms with van der Waals surface area (Å²) in [6.45, 7) is 0. The molecule has 1 aromatic heterocycles. The van der Waals surface area contributed by atoms with Crippen LogP contribution in [0.5, 0.6) is 5.75 Å².